The molecule has 0 saturated carbocycles. The Morgan fingerprint density at radius 1 is 0.969 bits per heavy atom. The minimum Gasteiger partial charge on any atom is -0.490 e. The molecular weight excluding hydrogens is 420 g/mol. The Labute approximate surface area is 193 Å². The Bertz CT molecular complexity index is 1060. The van der Waals surface area contributed by atoms with Crippen molar-refractivity contribution in [3.63, 3.8) is 0 Å². The second-order valence-electron chi connectivity index (χ2n) is 7.66. The highest BCUT2D eigenvalue weighted by Crippen LogP contribution is 2.27. The molecule has 0 aromatic heterocycles. The summed E-state index contributed by atoms with van der Waals surface area (Å²) >= 11 is 1.67. The Morgan fingerprint density at radius 2 is 1.75 bits per heavy atom. The highest BCUT2D eigenvalue weighted by atomic mass is 32.2. The minimum absolute atomic E-state index is 0.0277. The van der Waals surface area contributed by atoms with Crippen molar-refractivity contribution in [2.75, 3.05) is 5.75 Å². The van der Waals surface area contributed by atoms with Crippen molar-refractivity contribution < 1.29 is 19.4 Å². The highest BCUT2D eigenvalue weighted by Gasteiger charge is 2.17. The molecule has 0 unspecified atom stereocenters. The number of carbonyl (C=O) groups excluding carboxylic acids is 1. The maximum absolute atomic E-state index is 13.1. The maximum Gasteiger partial charge on any atom is 0.307 e. The molecule has 3 rings (SSSR count). The predicted octanol–water partition coefficient (Wildman–Crippen LogP) is 6.06. The molecule has 4 nitrogen and oxygen atoms in total. The van der Waals surface area contributed by atoms with Gasteiger partial charge in [-0.1, -0.05) is 55.5 Å². The van der Waals surface area contributed by atoms with Crippen molar-refractivity contribution in [1.82, 2.24) is 0 Å². The highest BCUT2D eigenvalue weighted by molar-refractivity contribution is 7.99. The number of benzene rings is 3. The molecule has 3 aromatic rings. The molecule has 0 radical (unpaired) electrons. The lowest BCUT2D eigenvalue weighted by atomic mass is 9.99. The Morgan fingerprint density at radius 3 is 2.47 bits per heavy atom. The van der Waals surface area contributed by atoms with Gasteiger partial charge in [0.05, 0.1) is 18.1 Å². The summed E-state index contributed by atoms with van der Waals surface area (Å²) in [6, 6.07) is 22.7. The van der Waals surface area contributed by atoms with Crippen LogP contribution in [0, 0.1) is 0 Å². The summed E-state index contributed by atoms with van der Waals surface area (Å²) in [4.78, 5) is 25.1. The first-order valence-electron chi connectivity index (χ1n) is 10.8. The zero-order chi connectivity index (χ0) is 22.9. The Balaban J connectivity index is 1.64. The molecule has 0 bridgehead atoms. The van der Waals surface area contributed by atoms with E-state index in [0.29, 0.717) is 16.9 Å². The van der Waals surface area contributed by atoms with Gasteiger partial charge in [-0.15, -0.1) is 11.8 Å². The fourth-order valence-corrected chi connectivity index (χ4v) is 4.46. The molecule has 1 N–H and O–H groups in total. The van der Waals surface area contributed by atoms with Crippen LogP contribution in [0.2, 0.25) is 0 Å². The van der Waals surface area contributed by atoms with Crippen LogP contribution in [0.15, 0.2) is 77.7 Å². The van der Waals surface area contributed by atoms with E-state index in [1.54, 1.807) is 11.8 Å². The number of ether oxygens (including phenoxy) is 1. The number of aryl methyl sites for hydroxylation is 1. The quantitative estimate of drug-likeness (QED) is 0.285. The van der Waals surface area contributed by atoms with Crippen LogP contribution in [0.3, 0.4) is 0 Å². The Kier molecular flexibility index (Phi) is 8.51. The summed E-state index contributed by atoms with van der Waals surface area (Å²) in [5.74, 6) is 0.570. The molecule has 0 aliphatic carbocycles. The third-order valence-electron chi connectivity index (χ3n) is 5.11. The van der Waals surface area contributed by atoms with Gasteiger partial charge in [-0.25, -0.2) is 0 Å². The molecule has 0 aliphatic rings. The zero-order valence-corrected chi connectivity index (χ0v) is 19.2. The topological polar surface area (TPSA) is 63.6 Å². The van der Waals surface area contributed by atoms with Crippen LogP contribution in [-0.4, -0.2) is 28.7 Å². The van der Waals surface area contributed by atoms with E-state index in [9.17, 15) is 9.59 Å². The number of carbonyl (C=O) groups is 2. The second kappa shape index (κ2) is 11.5. The van der Waals surface area contributed by atoms with Gasteiger partial charge in [-0.2, -0.15) is 0 Å². The van der Waals surface area contributed by atoms with Crippen LogP contribution in [0.1, 0.15) is 47.3 Å². The minimum atomic E-state index is -0.830. The van der Waals surface area contributed by atoms with Gasteiger partial charge in [-0.05, 0) is 55.2 Å². The Hall–Kier alpha value is -3.05. The van der Waals surface area contributed by atoms with Gasteiger partial charge in [0.1, 0.15) is 5.75 Å². The van der Waals surface area contributed by atoms with E-state index in [-0.39, 0.29) is 18.3 Å². The first-order valence-corrected chi connectivity index (χ1v) is 11.8. The molecular formula is C27H28O4S. The summed E-state index contributed by atoms with van der Waals surface area (Å²) < 4.78 is 6.19. The number of rotatable bonds is 11. The second-order valence-corrected chi connectivity index (χ2v) is 8.83. The first kappa shape index (κ1) is 23.6. The fourth-order valence-electron chi connectivity index (χ4n) is 3.36. The van der Waals surface area contributed by atoms with Gasteiger partial charge in [0.2, 0.25) is 0 Å². The van der Waals surface area contributed by atoms with E-state index >= 15 is 0 Å². The van der Waals surface area contributed by atoms with Gasteiger partial charge in [0.25, 0.3) is 0 Å². The van der Waals surface area contributed by atoms with Crippen LogP contribution in [-0.2, 0) is 17.6 Å². The van der Waals surface area contributed by atoms with E-state index in [2.05, 4.69) is 6.92 Å². The number of aliphatic carboxylic acids is 1. The third kappa shape index (κ3) is 6.72. The summed E-state index contributed by atoms with van der Waals surface area (Å²) in [6.45, 7) is 4.07. The van der Waals surface area contributed by atoms with Crippen molar-refractivity contribution in [3.05, 3.63) is 95.1 Å². The number of ketones is 1. The molecule has 0 aliphatic heterocycles. The number of hydrogen-bond donors (Lipinski definition) is 1. The average molecular weight is 449 g/mol. The molecule has 0 heterocycles. The largest absolute Gasteiger partial charge is 0.490 e. The van der Waals surface area contributed by atoms with Crippen molar-refractivity contribution in [3.8, 4) is 5.75 Å². The van der Waals surface area contributed by atoms with E-state index in [0.717, 1.165) is 34.6 Å². The van der Waals surface area contributed by atoms with Gasteiger partial charge in [-0.3, -0.25) is 9.59 Å². The monoisotopic (exact) mass is 448 g/mol. The summed E-state index contributed by atoms with van der Waals surface area (Å²) in [6.07, 6.45) is 1.60. The number of thioether (sulfide) groups is 1. The number of carboxylic acid groups (broad SMARTS) is 1. The fraction of sp³-hybridized carbons (Fsp3) is 0.259. The smallest absolute Gasteiger partial charge is 0.307 e. The van der Waals surface area contributed by atoms with Crippen molar-refractivity contribution in [2.24, 2.45) is 0 Å². The van der Waals surface area contributed by atoms with Gasteiger partial charge >= 0.3 is 5.97 Å². The van der Waals surface area contributed by atoms with Gasteiger partial charge in [0.15, 0.2) is 5.78 Å². The standard InChI is InChI=1S/C27H28O4S/c1-3-20-12-13-25(24(17-20)27(30)22-9-5-4-6-10-22)31-19(2)14-15-32-23-11-7-8-21(16-23)18-26(28)29/h4-13,16-17,19H,3,14-15,18H2,1-2H3,(H,28,29)/t19-/m0/s1. The molecule has 166 valence electrons. The summed E-state index contributed by atoms with van der Waals surface area (Å²) in [7, 11) is 0. The van der Waals surface area contributed by atoms with Crippen LogP contribution < -0.4 is 4.74 Å². The van der Waals surface area contributed by atoms with Crippen molar-refractivity contribution >= 4 is 23.5 Å². The van der Waals surface area contributed by atoms with Crippen LogP contribution in [0.4, 0.5) is 0 Å². The molecule has 0 spiro atoms. The third-order valence-corrected chi connectivity index (χ3v) is 6.13. The van der Waals surface area contributed by atoms with Crippen LogP contribution in [0.25, 0.3) is 0 Å². The van der Waals surface area contributed by atoms with Crippen molar-refractivity contribution in [2.45, 2.75) is 44.1 Å². The molecule has 0 saturated heterocycles. The molecule has 0 fully saturated rings. The maximum atomic E-state index is 13.1. The molecule has 0 amide bonds. The molecule has 3 aromatic carbocycles. The van der Waals surface area contributed by atoms with Gasteiger partial charge in [0, 0.05) is 16.2 Å². The molecule has 32 heavy (non-hydrogen) atoms. The van der Waals surface area contributed by atoms with E-state index in [1.165, 1.54) is 0 Å². The lowest BCUT2D eigenvalue weighted by molar-refractivity contribution is -0.136. The van der Waals surface area contributed by atoms with Gasteiger partial charge < -0.3 is 9.84 Å². The molecule has 5 heteroatoms. The van der Waals surface area contributed by atoms with E-state index < -0.39 is 5.97 Å². The number of hydrogen-bond acceptors (Lipinski definition) is 4. The van der Waals surface area contributed by atoms with E-state index in [1.807, 2.05) is 79.7 Å². The number of carboxylic acids is 1. The lowest BCUT2D eigenvalue weighted by Crippen LogP contribution is -2.15. The normalized spacial score (nSPS) is 11.7. The zero-order valence-electron chi connectivity index (χ0n) is 18.4. The predicted molar refractivity (Wildman–Crippen MR) is 129 cm³/mol. The van der Waals surface area contributed by atoms with Crippen LogP contribution in [0.5, 0.6) is 5.75 Å². The van der Waals surface area contributed by atoms with E-state index in [4.69, 9.17) is 9.84 Å². The summed E-state index contributed by atoms with van der Waals surface area (Å²) in [5.41, 5.74) is 3.14. The SMILES string of the molecule is CCc1ccc(O[C@@H](C)CCSc2cccc(CC(=O)O)c2)c(C(=O)c2ccccc2)c1. The van der Waals surface area contributed by atoms with Crippen molar-refractivity contribution in [1.29, 1.82) is 0 Å². The summed E-state index contributed by atoms with van der Waals surface area (Å²) in [5, 5.41) is 8.97. The lowest BCUT2D eigenvalue weighted by Gasteiger charge is -2.18. The first-order chi connectivity index (χ1) is 15.5. The average Bonchev–Trinajstić information content (AvgIpc) is 2.79. The van der Waals surface area contributed by atoms with Crippen LogP contribution >= 0.6 is 11.8 Å². The molecule has 1 atom stereocenters.